The lowest BCUT2D eigenvalue weighted by Gasteiger charge is -2.28. The van der Waals surface area contributed by atoms with Crippen molar-refractivity contribution in [1.82, 2.24) is 4.90 Å². The maximum Gasteiger partial charge on any atom is 0.402 e. The quantitative estimate of drug-likeness (QED) is 0.718. The van der Waals surface area contributed by atoms with Crippen LogP contribution in [0.1, 0.15) is 18.5 Å². The molecule has 0 saturated heterocycles. The van der Waals surface area contributed by atoms with E-state index in [1.54, 1.807) is 30.1 Å². The first kappa shape index (κ1) is 15.8. The molecule has 2 atom stereocenters. The third kappa shape index (κ3) is 4.44. The number of halogens is 5. The van der Waals surface area contributed by atoms with Crippen LogP contribution in [0.4, 0.5) is 13.2 Å². The second-order valence-electron chi connectivity index (χ2n) is 4.18. The van der Waals surface area contributed by atoms with Crippen LogP contribution in [0.5, 0.6) is 0 Å². The Morgan fingerprint density at radius 1 is 1.39 bits per heavy atom. The predicted octanol–water partition coefficient (Wildman–Crippen LogP) is 4.66. The molecule has 1 rings (SSSR count). The van der Waals surface area contributed by atoms with E-state index >= 15 is 0 Å². The van der Waals surface area contributed by atoms with Crippen molar-refractivity contribution in [1.29, 1.82) is 0 Å². The SMILES string of the molecule is CC(c1cccc(Cl)c1)N(C)CC(Br)C(F)(F)F. The number of hydrogen-bond donors (Lipinski definition) is 0. The minimum atomic E-state index is -4.23. The van der Waals surface area contributed by atoms with Crippen molar-refractivity contribution in [3.8, 4) is 0 Å². The van der Waals surface area contributed by atoms with Gasteiger partial charge in [-0.2, -0.15) is 13.2 Å². The van der Waals surface area contributed by atoms with Gasteiger partial charge in [0.15, 0.2) is 0 Å². The van der Waals surface area contributed by atoms with Gasteiger partial charge in [-0.05, 0) is 31.7 Å². The fourth-order valence-corrected chi connectivity index (χ4v) is 2.19. The van der Waals surface area contributed by atoms with E-state index in [9.17, 15) is 13.2 Å². The van der Waals surface area contributed by atoms with Gasteiger partial charge in [-0.3, -0.25) is 4.90 Å². The Balaban J connectivity index is 2.70. The molecule has 1 nitrogen and oxygen atoms in total. The van der Waals surface area contributed by atoms with Crippen LogP contribution in [-0.2, 0) is 0 Å². The van der Waals surface area contributed by atoms with E-state index in [2.05, 4.69) is 15.9 Å². The molecule has 0 amide bonds. The summed E-state index contributed by atoms with van der Waals surface area (Å²) < 4.78 is 37.3. The summed E-state index contributed by atoms with van der Waals surface area (Å²) in [6.07, 6.45) is -4.23. The molecule has 0 fully saturated rings. The molecule has 0 radical (unpaired) electrons. The van der Waals surface area contributed by atoms with Gasteiger partial charge in [0.1, 0.15) is 4.83 Å². The summed E-state index contributed by atoms with van der Waals surface area (Å²) in [7, 11) is 1.66. The largest absolute Gasteiger partial charge is 0.402 e. The molecule has 1 aromatic rings. The molecule has 18 heavy (non-hydrogen) atoms. The van der Waals surface area contributed by atoms with Crippen molar-refractivity contribution in [3.05, 3.63) is 34.9 Å². The molecule has 2 unspecified atom stereocenters. The first-order chi connectivity index (χ1) is 8.21. The molecule has 0 aliphatic rings. The van der Waals surface area contributed by atoms with Gasteiger partial charge < -0.3 is 0 Å². The average molecular weight is 345 g/mol. The second kappa shape index (κ2) is 6.26. The number of hydrogen-bond acceptors (Lipinski definition) is 1. The van der Waals surface area contributed by atoms with Crippen molar-refractivity contribution in [2.75, 3.05) is 13.6 Å². The zero-order valence-corrected chi connectivity index (χ0v) is 12.4. The highest BCUT2D eigenvalue weighted by atomic mass is 79.9. The summed E-state index contributed by atoms with van der Waals surface area (Å²) in [6, 6.07) is 7.01. The van der Waals surface area contributed by atoms with E-state index in [1.807, 2.05) is 13.0 Å². The van der Waals surface area contributed by atoms with Crippen LogP contribution in [-0.4, -0.2) is 29.5 Å². The summed E-state index contributed by atoms with van der Waals surface area (Å²) in [5.74, 6) is 0. The summed E-state index contributed by atoms with van der Waals surface area (Å²) >= 11 is 8.53. The Morgan fingerprint density at radius 2 is 2.00 bits per heavy atom. The van der Waals surface area contributed by atoms with Gasteiger partial charge in [0, 0.05) is 17.6 Å². The highest BCUT2D eigenvalue weighted by Crippen LogP contribution is 2.29. The fraction of sp³-hybridized carbons (Fsp3) is 0.500. The number of nitrogens with zero attached hydrogens (tertiary/aromatic N) is 1. The highest BCUT2D eigenvalue weighted by Gasteiger charge is 2.38. The number of benzene rings is 1. The van der Waals surface area contributed by atoms with Crippen LogP contribution in [0.2, 0.25) is 5.02 Å². The van der Waals surface area contributed by atoms with Gasteiger partial charge in [-0.15, -0.1) is 0 Å². The molecule has 0 aliphatic carbocycles. The van der Waals surface area contributed by atoms with Crippen molar-refractivity contribution in [2.24, 2.45) is 0 Å². The number of alkyl halides is 4. The Bertz CT molecular complexity index is 397. The van der Waals surface area contributed by atoms with E-state index in [0.717, 1.165) is 5.56 Å². The predicted molar refractivity (Wildman–Crippen MR) is 71.3 cm³/mol. The monoisotopic (exact) mass is 343 g/mol. The first-order valence-electron chi connectivity index (χ1n) is 5.38. The van der Waals surface area contributed by atoms with Crippen LogP contribution < -0.4 is 0 Å². The number of rotatable bonds is 4. The van der Waals surface area contributed by atoms with Gasteiger partial charge in [-0.1, -0.05) is 39.7 Å². The Hall–Kier alpha value is -0.260. The van der Waals surface area contributed by atoms with Gasteiger partial charge in [0.25, 0.3) is 0 Å². The Morgan fingerprint density at radius 3 is 2.50 bits per heavy atom. The first-order valence-corrected chi connectivity index (χ1v) is 6.67. The molecule has 0 heterocycles. The molecule has 102 valence electrons. The third-order valence-corrected chi connectivity index (χ3v) is 3.84. The van der Waals surface area contributed by atoms with Crippen LogP contribution in [0.3, 0.4) is 0 Å². The van der Waals surface area contributed by atoms with E-state index in [0.29, 0.717) is 5.02 Å². The van der Waals surface area contributed by atoms with Crippen LogP contribution in [0.25, 0.3) is 0 Å². The fourth-order valence-electron chi connectivity index (χ4n) is 1.54. The molecular weight excluding hydrogens is 330 g/mol. The standard InChI is InChI=1S/C12H14BrClF3N/c1-8(9-4-3-5-10(14)6-9)18(2)7-11(13)12(15,16)17/h3-6,8,11H,7H2,1-2H3. The Kier molecular flexibility index (Phi) is 5.49. The van der Waals surface area contributed by atoms with Crippen LogP contribution >= 0.6 is 27.5 Å². The summed E-state index contributed by atoms with van der Waals surface area (Å²) in [6.45, 7) is 1.74. The van der Waals surface area contributed by atoms with Gasteiger partial charge >= 0.3 is 6.18 Å². The van der Waals surface area contributed by atoms with Gasteiger partial charge in [-0.25, -0.2) is 0 Å². The second-order valence-corrected chi connectivity index (χ2v) is 5.72. The molecule has 0 aliphatic heterocycles. The lowest BCUT2D eigenvalue weighted by molar-refractivity contribution is -0.130. The lowest BCUT2D eigenvalue weighted by Crippen LogP contribution is -2.36. The minimum Gasteiger partial charge on any atom is -0.298 e. The molecular formula is C12H14BrClF3N. The molecule has 0 saturated carbocycles. The van der Waals surface area contributed by atoms with Crippen LogP contribution in [0.15, 0.2) is 24.3 Å². The molecule has 0 spiro atoms. The molecule has 0 bridgehead atoms. The normalized spacial score (nSPS) is 15.8. The van der Waals surface area contributed by atoms with E-state index in [1.165, 1.54) is 0 Å². The highest BCUT2D eigenvalue weighted by molar-refractivity contribution is 9.09. The van der Waals surface area contributed by atoms with Crippen molar-refractivity contribution < 1.29 is 13.2 Å². The minimum absolute atomic E-state index is 0.114. The summed E-state index contributed by atoms with van der Waals surface area (Å²) in [5.41, 5.74) is 0.895. The maximum atomic E-state index is 12.4. The van der Waals surface area contributed by atoms with Crippen molar-refractivity contribution in [3.63, 3.8) is 0 Å². The zero-order chi connectivity index (χ0) is 13.9. The Labute approximate surface area is 118 Å². The maximum absolute atomic E-state index is 12.4. The third-order valence-electron chi connectivity index (χ3n) is 2.80. The molecule has 6 heteroatoms. The van der Waals surface area contributed by atoms with Gasteiger partial charge in [0.05, 0.1) is 0 Å². The van der Waals surface area contributed by atoms with Crippen molar-refractivity contribution in [2.45, 2.75) is 24.0 Å². The molecule has 0 aromatic heterocycles. The van der Waals surface area contributed by atoms with Gasteiger partial charge in [0.2, 0.25) is 0 Å². The smallest absolute Gasteiger partial charge is 0.298 e. The molecule has 1 aromatic carbocycles. The average Bonchev–Trinajstić information content (AvgIpc) is 2.26. The lowest BCUT2D eigenvalue weighted by atomic mass is 10.1. The zero-order valence-electron chi connectivity index (χ0n) is 10.0. The molecule has 0 N–H and O–H groups in total. The van der Waals surface area contributed by atoms with E-state index in [-0.39, 0.29) is 12.6 Å². The van der Waals surface area contributed by atoms with Crippen molar-refractivity contribution >= 4 is 27.5 Å². The topological polar surface area (TPSA) is 3.24 Å². The summed E-state index contributed by atoms with van der Waals surface area (Å²) in [4.78, 5) is 0.107. The summed E-state index contributed by atoms with van der Waals surface area (Å²) in [5, 5.41) is 0.582. The van der Waals surface area contributed by atoms with Crippen LogP contribution in [0, 0.1) is 0 Å². The van der Waals surface area contributed by atoms with E-state index < -0.39 is 11.0 Å². The van der Waals surface area contributed by atoms with E-state index in [4.69, 9.17) is 11.6 Å².